The van der Waals surface area contributed by atoms with E-state index in [0.717, 1.165) is 6.26 Å². The first kappa shape index (κ1) is 15.6. The van der Waals surface area contributed by atoms with Crippen molar-refractivity contribution in [3.63, 3.8) is 0 Å². The summed E-state index contributed by atoms with van der Waals surface area (Å²) in [5.74, 6) is -0.263. The van der Waals surface area contributed by atoms with Crippen LogP contribution in [0, 0.1) is 11.5 Å². The molecule has 0 atom stereocenters. The quantitative estimate of drug-likeness (QED) is 0.156. The van der Waals surface area contributed by atoms with Crippen molar-refractivity contribution >= 4 is 23.8 Å². The number of nitrogens with zero attached hydrogens (tertiary/aromatic N) is 5. The summed E-state index contributed by atoms with van der Waals surface area (Å²) in [5, 5.41) is 27.5. The van der Waals surface area contributed by atoms with Crippen LogP contribution in [0.5, 0.6) is 0 Å². The molecule has 0 saturated heterocycles. The first-order chi connectivity index (χ1) is 7.43. The standard InChI is InChI=1S/C5H12N8.CHNO/c1-3(11-13-5(8)9)2-10-12-4(6)7;2-1-3/h2H,1H3,(H4,6,7,12)(H4,8,9,13);3H/b10-2+,11-3+;. The number of nitrogens with two attached hydrogens (primary N) is 4. The Balaban J connectivity index is 0. The van der Waals surface area contributed by atoms with Crippen LogP contribution in [0.1, 0.15) is 6.92 Å². The Morgan fingerprint density at radius 3 is 1.94 bits per heavy atom. The van der Waals surface area contributed by atoms with E-state index < -0.39 is 0 Å². The summed E-state index contributed by atoms with van der Waals surface area (Å²) in [5.41, 5.74) is 20.5. The zero-order valence-corrected chi connectivity index (χ0v) is 8.57. The molecule has 10 heteroatoms. The highest BCUT2D eigenvalue weighted by atomic mass is 16.2. The molecule has 0 heterocycles. The highest BCUT2D eigenvalue weighted by Gasteiger charge is 1.83. The Bertz CT molecular complexity index is 340. The lowest BCUT2D eigenvalue weighted by Gasteiger charge is -1.86. The number of aliphatic hydroxyl groups is 1. The predicted octanol–water partition coefficient (Wildman–Crippen LogP) is -2.27. The van der Waals surface area contributed by atoms with Crippen LogP contribution in [0.4, 0.5) is 0 Å². The van der Waals surface area contributed by atoms with Crippen LogP contribution >= 0.6 is 0 Å². The molecule has 0 fully saturated rings. The van der Waals surface area contributed by atoms with E-state index in [1.54, 1.807) is 6.92 Å². The lowest BCUT2D eigenvalue weighted by molar-refractivity contribution is 0.503. The van der Waals surface area contributed by atoms with E-state index in [2.05, 4.69) is 20.4 Å². The Labute approximate surface area is 91.6 Å². The van der Waals surface area contributed by atoms with Crippen LogP contribution in [0.25, 0.3) is 0 Å². The lowest BCUT2D eigenvalue weighted by atomic mass is 10.5. The van der Waals surface area contributed by atoms with Crippen LogP contribution in [0.2, 0.25) is 0 Å². The lowest BCUT2D eigenvalue weighted by Crippen LogP contribution is -2.22. The number of rotatable bonds is 3. The average molecular weight is 227 g/mol. The molecular weight excluding hydrogens is 214 g/mol. The summed E-state index contributed by atoms with van der Waals surface area (Å²) >= 11 is 0. The fraction of sp³-hybridized carbons (Fsp3) is 0.167. The zero-order valence-electron chi connectivity index (χ0n) is 8.57. The SMILES string of the molecule is CC(/C=N/N=C(N)N)=N\N=C(N)N.N#CO. The molecule has 10 nitrogen and oxygen atoms in total. The second-order valence-corrected chi connectivity index (χ2v) is 2.14. The van der Waals surface area contributed by atoms with Crippen molar-refractivity contribution in [3.8, 4) is 6.26 Å². The third kappa shape index (κ3) is 17.3. The summed E-state index contributed by atoms with van der Waals surface area (Å²) in [4.78, 5) is 0. The van der Waals surface area contributed by atoms with E-state index >= 15 is 0 Å². The van der Waals surface area contributed by atoms with Crippen molar-refractivity contribution in [1.29, 1.82) is 5.26 Å². The number of guanidine groups is 2. The molecule has 0 radical (unpaired) electrons. The van der Waals surface area contributed by atoms with Crippen LogP contribution in [0.15, 0.2) is 20.4 Å². The highest BCUT2D eigenvalue weighted by molar-refractivity contribution is 6.29. The molecule has 0 rings (SSSR count). The van der Waals surface area contributed by atoms with Gasteiger partial charge in [-0.2, -0.15) is 15.5 Å². The molecule has 16 heavy (non-hydrogen) atoms. The molecule has 0 unspecified atom stereocenters. The van der Waals surface area contributed by atoms with E-state index in [9.17, 15) is 0 Å². The van der Waals surface area contributed by atoms with Gasteiger partial charge >= 0.3 is 0 Å². The van der Waals surface area contributed by atoms with Gasteiger partial charge in [-0.3, -0.25) is 0 Å². The summed E-state index contributed by atoms with van der Waals surface area (Å²) < 4.78 is 0. The largest absolute Gasteiger partial charge is 0.443 e. The second kappa shape index (κ2) is 10.3. The third-order valence-electron chi connectivity index (χ3n) is 0.741. The third-order valence-corrected chi connectivity index (χ3v) is 0.741. The maximum Gasteiger partial charge on any atom is 0.283 e. The molecule has 0 aromatic heterocycles. The van der Waals surface area contributed by atoms with Crippen molar-refractivity contribution in [3.05, 3.63) is 0 Å². The average Bonchev–Trinajstić information content (AvgIpc) is 2.15. The summed E-state index contributed by atoms with van der Waals surface area (Å²) in [6.07, 6.45) is 2.06. The smallest absolute Gasteiger partial charge is 0.283 e. The van der Waals surface area contributed by atoms with Gasteiger partial charge in [0.05, 0.1) is 11.9 Å². The maximum absolute atomic E-state index is 6.88. The Kier molecular flexibility index (Phi) is 10.0. The summed E-state index contributed by atoms with van der Waals surface area (Å²) in [6, 6.07) is 0. The molecule has 0 bridgehead atoms. The molecule has 0 aliphatic carbocycles. The Morgan fingerprint density at radius 2 is 1.56 bits per heavy atom. The molecule has 0 spiro atoms. The molecule has 0 aromatic carbocycles. The van der Waals surface area contributed by atoms with Crippen LogP contribution in [-0.2, 0) is 0 Å². The van der Waals surface area contributed by atoms with Gasteiger partial charge in [0.25, 0.3) is 6.26 Å². The van der Waals surface area contributed by atoms with Crippen LogP contribution in [-0.4, -0.2) is 29.0 Å². The van der Waals surface area contributed by atoms with Gasteiger partial charge in [-0.25, -0.2) is 0 Å². The molecule has 0 aliphatic heterocycles. The normalized spacial score (nSPS) is 9.62. The summed E-state index contributed by atoms with van der Waals surface area (Å²) in [7, 11) is 0. The minimum atomic E-state index is -0.133. The zero-order chi connectivity index (χ0) is 13.0. The van der Waals surface area contributed by atoms with E-state index in [-0.39, 0.29) is 11.9 Å². The van der Waals surface area contributed by atoms with Crippen molar-refractivity contribution < 1.29 is 5.11 Å². The van der Waals surface area contributed by atoms with Gasteiger partial charge in [0, 0.05) is 0 Å². The molecule has 0 aromatic rings. The van der Waals surface area contributed by atoms with Gasteiger partial charge < -0.3 is 28.0 Å². The van der Waals surface area contributed by atoms with E-state index in [1.807, 2.05) is 0 Å². The predicted molar refractivity (Wildman–Crippen MR) is 60.8 cm³/mol. The Morgan fingerprint density at radius 1 is 1.12 bits per heavy atom. The topological polar surface area (TPSA) is 198 Å². The van der Waals surface area contributed by atoms with Gasteiger partial charge in [0.2, 0.25) is 11.9 Å². The van der Waals surface area contributed by atoms with Crippen molar-refractivity contribution in [2.24, 2.45) is 43.3 Å². The van der Waals surface area contributed by atoms with Gasteiger partial charge in [0.1, 0.15) is 0 Å². The van der Waals surface area contributed by atoms with Crippen molar-refractivity contribution in [2.45, 2.75) is 6.92 Å². The van der Waals surface area contributed by atoms with Gasteiger partial charge in [-0.1, -0.05) is 0 Å². The molecule has 0 aliphatic rings. The number of nitriles is 1. The Hall–Kier alpha value is -2.83. The number of hydrogen-bond acceptors (Lipinski definition) is 6. The molecule has 9 N–H and O–H groups in total. The van der Waals surface area contributed by atoms with Crippen molar-refractivity contribution in [2.75, 3.05) is 0 Å². The first-order valence-corrected chi connectivity index (χ1v) is 3.72. The van der Waals surface area contributed by atoms with E-state index in [1.165, 1.54) is 6.21 Å². The van der Waals surface area contributed by atoms with Gasteiger partial charge in [-0.15, -0.1) is 10.2 Å². The van der Waals surface area contributed by atoms with Gasteiger partial charge in [0.15, 0.2) is 0 Å². The number of aliphatic hydroxyl groups excluding tert-OH is 1. The monoisotopic (exact) mass is 227 g/mol. The molecule has 0 saturated carbocycles. The van der Waals surface area contributed by atoms with Crippen molar-refractivity contribution in [1.82, 2.24) is 0 Å². The van der Waals surface area contributed by atoms with E-state index in [0.29, 0.717) is 5.71 Å². The molecular formula is C6H13N9O. The maximum atomic E-state index is 6.88. The van der Waals surface area contributed by atoms with Gasteiger partial charge in [-0.05, 0) is 6.92 Å². The minimum absolute atomic E-state index is 0.130. The molecule has 88 valence electrons. The first-order valence-electron chi connectivity index (χ1n) is 3.72. The summed E-state index contributed by atoms with van der Waals surface area (Å²) in [6.45, 7) is 1.64. The fourth-order valence-corrected chi connectivity index (χ4v) is 0.342. The fourth-order valence-electron chi connectivity index (χ4n) is 0.342. The van der Waals surface area contributed by atoms with Crippen LogP contribution < -0.4 is 22.9 Å². The van der Waals surface area contributed by atoms with Crippen LogP contribution in [0.3, 0.4) is 0 Å². The highest BCUT2D eigenvalue weighted by Crippen LogP contribution is 1.76. The minimum Gasteiger partial charge on any atom is -0.443 e. The molecule has 0 amide bonds. The number of hydrogen-bond donors (Lipinski definition) is 5. The second-order valence-electron chi connectivity index (χ2n) is 2.14. The van der Waals surface area contributed by atoms with E-state index in [4.69, 9.17) is 33.3 Å².